The van der Waals surface area contributed by atoms with Crippen molar-refractivity contribution in [3.8, 4) is 6.07 Å². The SMILES string of the molecule is CN1CCN(c2cc(F)c3ccccc3c2)c2ccc(C#N)cc2C1. The maximum absolute atomic E-state index is 14.6. The van der Waals surface area contributed by atoms with Gasteiger partial charge in [-0.2, -0.15) is 5.26 Å². The van der Waals surface area contributed by atoms with Crippen molar-refractivity contribution in [2.75, 3.05) is 25.0 Å². The van der Waals surface area contributed by atoms with Gasteiger partial charge in [-0.15, -0.1) is 0 Å². The van der Waals surface area contributed by atoms with Crippen LogP contribution in [0.15, 0.2) is 54.6 Å². The second-order valence-corrected chi connectivity index (χ2v) is 6.49. The number of likely N-dealkylation sites (N-methyl/N-ethyl adjacent to an activating group) is 1. The summed E-state index contributed by atoms with van der Waals surface area (Å²) in [7, 11) is 2.06. The number of rotatable bonds is 1. The maximum Gasteiger partial charge on any atom is 0.133 e. The number of hydrogen-bond acceptors (Lipinski definition) is 3. The van der Waals surface area contributed by atoms with E-state index < -0.39 is 0 Å². The summed E-state index contributed by atoms with van der Waals surface area (Å²) in [5.41, 5.74) is 3.63. The fourth-order valence-electron chi connectivity index (χ4n) is 3.48. The van der Waals surface area contributed by atoms with E-state index in [1.165, 1.54) is 0 Å². The fraction of sp³-hybridized carbons (Fsp3) is 0.190. The van der Waals surface area contributed by atoms with Gasteiger partial charge in [-0.1, -0.05) is 24.3 Å². The molecule has 0 bridgehead atoms. The van der Waals surface area contributed by atoms with E-state index in [0.29, 0.717) is 10.9 Å². The van der Waals surface area contributed by atoms with Gasteiger partial charge in [0.15, 0.2) is 0 Å². The van der Waals surface area contributed by atoms with Crippen LogP contribution in [0.3, 0.4) is 0 Å². The van der Waals surface area contributed by atoms with E-state index in [-0.39, 0.29) is 5.82 Å². The molecule has 4 rings (SSSR count). The zero-order chi connectivity index (χ0) is 17.4. The van der Waals surface area contributed by atoms with Crippen molar-refractivity contribution in [1.29, 1.82) is 5.26 Å². The summed E-state index contributed by atoms with van der Waals surface area (Å²) in [5.74, 6) is -0.208. The second kappa shape index (κ2) is 6.19. The van der Waals surface area contributed by atoms with E-state index >= 15 is 0 Å². The molecule has 3 aromatic carbocycles. The predicted molar refractivity (Wildman–Crippen MR) is 98.4 cm³/mol. The molecule has 0 unspecified atom stereocenters. The molecule has 0 N–H and O–H groups in total. The molecule has 0 saturated heterocycles. The summed E-state index contributed by atoms with van der Waals surface area (Å²) in [6.45, 7) is 2.41. The number of nitrogens with zero attached hydrogens (tertiary/aromatic N) is 3. The van der Waals surface area contributed by atoms with Crippen molar-refractivity contribution in [2.45, 2.75) is 6.54 Å². The zero-order valence-electron chi connectivity index (χ0n) is 14.0. The molecule has 4 heteroatoms. The lowest BCUT2D eigenvalue weighted by atomic mass is 10.1. The van der Waals surface area contributed by atoms with Crippen molar-refractivity contribution >= 4 is 22.1 Å². The second-order valence-electron chi connectivity index (χ2n) is 6.49. The van der Waals surface area contributed by atoms with Gasteiger partial charge in [-0.25, -0.2) is 4.39 Å². The number of benzene rings is 3. The summed E-state index contributed by atoms with van der Waals surface area (Å²) in [5, 5.41) is 10.7. The van der Waals surface area contributed by atoms with Crippen LogP contribution in [0, 0.1) is 17.1 Å². The molecule has 0 aliphatic carbocycles. The van der Waals surface area contributed by atoms with E-state index in [9.17, 15) is 9.65 Å². The Labute approximate surface area is 146 Å². The first-order chi connectivity index (χ1) is 12.2. The van der Waals surface area contributed by atoms with Gasteiger partial charge in [0.1, 0.15) is 5.82 Å². The topological polar surface area (TPSA) is 30.3 Å². The average molecular weight is 331 g/mol. The van der Waals surface area contributed by atoms with Crippen LogP contribution < -0.4 is 4.90 Å². The van der Waals surface area contributed by atoms with Crippen LogP contribution in [-0.2, 0) is 6.54 Å². The molecule has 3 aromatic rings. The first-order valence-corrected chi connectivity index (χ1v) is 8.33. The van der Waals surface area contributed by atoms with E-state index in [4.69, 9.17) is 0 Å². The molecule has 0 fully saturated rings. The number of fused-ring (bicyclic) bond motifs is 2. The molecular formula is C21H18FN3. The largest absolute Gasteiger partial charge is 0.340 e. The van der Waals surface area contributed by atoms with Crippen LogP contribution in [0.1, 0.15) is 11.1 Å². The molecule has 3 nitrogen and oxygen atoms in total. The monoisotopic (exact) mass is 331 g/mol. The number of anilines is 2. The Bertz CT molecular complexity index is 990. The Morgan fingerprint density at radius 2 is 1.88 bits per heavy atom. The highest BCUT2D eigenvalue weighted by Crippen LogP contribution is 2.34. The van der Waals surface area contributed by atoms with Gasteiger partial charge in [0.2, 0.25) is 0 Å². The van der Waals surface area contributed by atoms with Crippen LogP contribution in [0.5, 0.6) is 0 Å². The molecule has 0 amide bonds. The van der Waals surface area contributed by atoms with Crippen molar-refractivity contribution in [2.24, 2.45) is 0 Å². The Hall–Kier alpha value is -2.90. The van der Waals surface area contributed by atoms with Gasteiger partial charge in [-0.3, -0.25) is 0 Å². The third-order valence-corrected chi connectivity index (χ3v) is 4.75. The number of halogens is 1. The minimum absolute atomic E-state index is 0.208. The molecular weight excluding hydrogens is 313 g/mol. The molecule has 124 valence electrons. The van der Waals surface area contributed by atoms with Crippen LogP contribution in [0.4, 0.5) is 15.8 Å². The Morgan fingerprint density at radius 1 is 1.04 bits per heavy atom. The lowest BCUT2D eigenvalue weighted by molar-refractivity contribution is 0.343. The van der Waals surface area contributed by atoms with Gasteiger partial charge in [0.25, 0.3) is 0 Å². The predicted octanol–water partition coefficient (Wildman–Crippen LogP) is 4.43. The van der Waals surface area contributed by atoms with Crippen molar-refractivity contribution < 1.29 is 4.39 Å². The molecule has 0 saturated carbocycles. The maximum atomic E-state index is 14.6. The molecule has 0 atom stereocenters. The Kier molecular flexibility index (Phi) is 3.87. The molecule has 1 heterocycles. The highest BCUT2D eigenvalue weighted by atomic mass is 19.1. The summed E-state index contributed by atoms with van der Waals surface area (Å²) in [6, 6.07) is 19.1. The average Bonchev–Trinajstić information content (AvgIpc) is 2.79. The first kappa shape index (κ1) is 15.6. The summed E-state index contributed by atoms with van der Waals surface area (Å²) < 4.78 is 14.6. The normalized spacial score (nSPS) is 14.8. The third-order valence-electron chi connectivity index (χ3n) is 4.75. The van der Waals surface area contributed by atoms with Crippen LogP contribution in [0.25, 0.3) is 10.8 Å². The number of nitriles is 1. The lowest BCUT2D eigenvalue weighted by Gasteiger charge is -2.25. The van der Waals surface area contributed by atoms with Crippen LogP contribution in [0.2, 0.25) is 0 Å². The van der Waals surface area contributed by atoms with E-state index in [1.807, 2.05) is 42.5 Å². The van der Waals surface area contributed by atoms with Gasteiger partial charge in [-0.05, 0) is 48.3 Å². The molecule has 1 aliphatic rings. The third kappa shape index (κ3) is 2.84. The van der Waals surface area contributed by atoms with Gasteiger partial charge < -0.3 is 9.80 Å². The Balaban J connectivity index is 1.87. The molecule has 0 radical (unpaired) electrons. The highest BCUT2D eigenvalue weighted by Gasteiger charge is 2.20. The lowest BCUT2D eigenvalue weighted by Crippen LogP contribution is -2.26. The van der Waals surface area contributed by atoms with E-state index in [0.717, 1.165) is 42.0 Å². The van der Waals surface area contributed by atoms with E-state index in [1.54, 1.807) is 12.1 Å². The highest BCUT2D eigenvalue weighted by molar-refractivity contribution is 5.87. The van der Waals surface area contributed by atoms with E-state index in [2.05, 4.69) is 22.9 Å². The van der Waals surface area contributed by atoms with Crippen molar-refractivity contribution in [1.82, 2.24) is 4.90 Å². The van der Waals surface area contributed by atoms with Gasteiger partial charge >= 0.3 is 0 Å². The summed E-state index contributed by atoms with van der Waals surface area (Å²) in [4.78, 5) is 4.37. The van der Waals surface area contributed by atoms with Crippen LogP contribution >= 0.6 is 0 Å². The molecule has 0 spiro atoms. The first-order valence-electron chi connectivity index (χ1n) is 8.33. The standard InChI is InChI=1S/C21H18FN3/c1-24-8-9-25(21-7-6-15(13-23)10-17(21)14-24)18-11-16-4-2-3-5-19(16)20(22)12-18/h2-7,10-12H,8-9,14H2,1H3. The van der Waals surface area contributed by atoms with Crippen LogP contribution in [-0.4, -0.2) is 25.0 Å². The van der Waals surface area contributed by atoms with Crippen molar-refractivity contribution in [3.05, 3.63) is 71.5 Å². The zero-order valence-corrected chi connectivity index (χ0v) is 14.0. The van der Waals surface area contributed by atoms with Gasteiger partial charge in [0, 0.05) is 36.4 Å². The Morgan fingerprint density at radius 3 is 2.72 bits per heavy atom. The minimum Gasteiger partial charge on any atom is -0.340 e. The van der Waals surface area contributed by atoms with Gasteiger partial charge in [0.05, 0.1) is 11.6 Å². The molecule has 0 aromatic heterocycles. The number of hydrogen-bond donors (Lipinski definition) is 0. The van der Waals surface area contributed by atoms with Crippen molar-refractivity contribution in [3.63, 3.8) is 0 Å². The smallest absolute Gasteiger partial charge is 0.133 e. The fourth-order valence-corrected chi connectivity index (χ4v) is 3.48. The minimum atomic E-state index is -0.208. The quantitative estimate of drug-likeness (QED) is 0.660. The molecule has 25 heavy (non-hydrogen) atoms. The molecule has 1 aliphatic heterocycles. The summed E-state index contributed by atoms with van der Waals surface area (Å²) in [6.07, 6.45) is 0. The summed E-state index contributed by atoms with van der Waals surface area (Å²) >= 11 is 0.